The molecule has 0 spiro atoms. The zero-order valence-electron chi connectivity index (χ0n) is 18.4. The number of rotatable bonds is 7. The lowest BCUT2D eigenvalue weighted by atomic mass is 9.98. The molecule has 2 aromatic heterocycles. The van der Waals surface area contributed by atoms with Gasteiger partial charge in [0.05, 0.1) is 24.3 Å². The molecule has 5 rings (SSSR count). The van der Waals surface area contributed by atoms with Crippen molar-refractivity contribution in [2.45, 2.75) is 38.3 Å². The van der Waals surface area contributed by atoms with E-state index in [-0.39, 0.29) is 11.4 Å². The molecule has 1 aliphatic carbocycles. The number of pyridine rings is 1. The van der Waals surface area contributed by atoms with E-state index in [0.29, 0.717) is 21.2 Å². The summed E-state index contributed by atoms with van der Waals surface area (Å²) in [6.07, 6.45) is -1.61. The summed E-state index contributed by atoms with van der Waals surface area (Å²) in [5.74, 6) is 0.231. The minimum Gasteiger partial charge on any atom is -0.379 e. The molecule has 33 heavy (non-hydrogen) atoms. The second-order valence-corrected chi connectivity index (χ2v) is 9.69. The van der Waals surface area contributed by atoms with Crippen molar-refractivity contribution in [2.24, 2.45) is 0 Å². The van der Waals surface area contributed by atoms with E-state index in [2.05, 4.69) is 25.4 Å². The van der Waals surface area contributed by atoms with E-state index in [9.17, 15) is 13.2 Å². The number of hydrogen-bond acceptors (Lipinski definition) is 7. The van der Waals surface area contributed by atoms with Crippen molar-refractivity contribution in [3.63, 3.8) is 0 Å². The van der Waals surface area contributed by atoms with E-state index in [0.717, 1.165) is 69.8 Å². The molecule has 1 N–H and O–H groups in total. The molecular formula is C23H26F3N5OS. The Hall–Kier alpha value is -2.30. The van der Waals surface area contributed by atoms with Crippen molar-refractivity contribution in [1.82, 2.24) is 20.1 Å². The molecule has 0 radical (unpaired) electrons. The number of aromatic nitrogens is 3. The van der Waals surface area contributed by atoms with Crippen LogP contribution in [0.3, 0.4) is 0 Å². The first-order valence-corrected chi connectivity index (χ1v) is 12.1. The summed E-state index contributed by atoms with van der Waals surface area (Å²) >= 11 is 1.31. The first-order valence-electron chi connectivity index (χ1n) is 11.3. The SMILES string of the molecule is Cc1cc(-c2nnc(NCCCN3CCOCC3)s2)nc2c(C(F)(F)F)cc(C3CC3)cc12. The molecule has 1 saturated heterocycles. The number of hydrogen-bond donors (Lipinski definition) is 1. The van der Waals surface area contributed by atoms with Crippen LogP contribution in [-0.2, 0) is 10.9 Å². The Morgan fingerprint density at radius 3 is 2.67 bits per heavy atom. The van der Waals surface area contributed by atoms with Crippen molar-refractivity contribution < 1.29 is 17.9 Å². The Morgan fingerprint density at radius 2 is 1.94 bits per heavy atom. The minimum absolute atomic E-state index is 0.0166. The predicted molar refractivity (Wildman–Crippen MR) is 123 cm³/mol. The van der Waals surface area contributed by atoms with E-state index >= 15 is 0 Å². The topological polar surface area (TPSA) is 63.2 Å². The average molecular weight is 478 g/mol. The number of halogens is 3. The number of nitrogens with zero attached hydrogens (tertiary/aromatic N) is 4. The van der Waals surface area contributed by atoms with Crippen molar-refractivity contribution in [2.75, 3.05) is 44.7 Å². The number of benzene rings is 1. The van der Waals surface area contributed by atoms with E-state index in [1.807, 2.05) is 19.1 Å². The second-order valence-electron chi connectivity index (χ2n) is 8.71. The van der Waals surface area contributed by atoms with Crippen molar-refractivity contribution >= 4 is 27.4 Å². The number of morpholine rings is 1. The van der Waals surface area contributed by atoms with Crippen LogP contribution >= 0.6 is 11.3 Å². The quantitative estimate of drug-likeness (QED) is 0.478. The first kappa shape index (κ1) is 22.5. The molecule has 2 fully saturated rings. The van der Waals surface area contributed by atoms with Crippen LogP contribution in [0.1, 0.15) is 41.9 Å². The molecule has 10 heteroatoms. The zero-order valence-corrected chi connectivity index (χ0v) is 19.2. The van der Waals surface area contributed by atoms with Gasteiger partial charge >= 0.3 is 6.18 Å². The summed E-state index contributed by atoms with van der Waals surface area (Å²) < 4.78 is 47.0. The van der Waals surface area contributed by atoms with Crippen LogP contribution in [0.15, 0.2) is 18.2 Å². The molecule has 6 nitrogen and oxygen atoms in total. The maximum absolute atomic E-state index is 13.9. The lowest BCUT2D eigenvalue weighted by Crippen LogP contribution is -2.37. The van der Waals surface area contributed by atoms with E-state index in [1.165, 1.54) is 17.4 Å². The molecule has 1 aliphatic heterocycles. The molecule has 0 unspecified atom stereocenters. The third kappa shape index (κ3) is 5.12. The molecule has 1 aromatic carbocycles. The third-order valence-electron chi connectivity index (χ3n) is 6.17. The normalized spacial score (nSPS) is 17.6. The van der Waals surface area contributed by atoms with Gasteiger partial charge in [0.1, 0.15) is 5.69 Å². The van der Waals surface area contributed by atoms with Crippen LogP contribution in [0.5, 0.6) is 0 Å². The number of alkyl halides is 3. The summed E-state index contributed by atoms with van der Waals surface area (Å²) in [4.78, 5) is 6.77. The van der Waals surface area contributed by atoms with Gasteiger partial charge < -0.3 is 10.1 Å². The Bertz CT molecular complexity index is 1140. The van der Waals surface area contributed by atoms with Gasteiger partial charge in [-0.25, -0.2) is 4.98 Å². The number of nitrogens with one attached hydrogen (secondary N) is 1. The fourth-order valence-electron chi connectivity index (χ4n) is 4.21. The second kappa shape index (κ2) is 9.15. The number of fused-ring (bicyclic) bond motifs is 1. The summed E-state index contributed by atoms with van der Waals surface area (Å²) in [6, 6.07) is 4.95. The number of aryl methyl sites for hydroxylation is 1. The minimum atomic E-state index is -4.46. The summed E-state index contributed by atoms with van der Waals surface area (Å²) in [6.45, 7) is 7.04. The highest BCUT2D eigenvalue weighted by Crippen LogP contribution is 2.45. The van der Waals surface area contributed by atoms with Crippen LogP contribution in [0.2, 0.25) is 0 Å². The van der Waals surface area contributed by atoms with Gasteiger partial charge in [-0.05, 0) is 68.0 Å². The van der Waals surface area contributed by atoms with E-state index in [4.69, 9.17) is 4.74 Å². The van der Waals surface area contributed by atoms with Gasteiger partial charge in [0.25, 0.3) is 0 Å². The van der Waals surface area contributed by atoms with Gasteiger partial charge in [-0.15, -0.1) is 10.2 Å². The van der Waals surface area contributed by atoms with E-state index < -0.39 is 11.7 Å². The van der Waals surface area contributed by atoms with E-state index in [1.54, 1.807) is 0 Å². The van der Waals surface area contributed by atoms with Gasteiger partial charge in [0.2, 0.25) is 5.13 Å². The highest BCUT2D eigenvalue weighted by Gasteiger charge is 2.36. The number of ether oxygens (including phenoxy) is 1. The molecule has 0 bridgehead atoms. The lowest BCUT2D eigenvalue weighted by Gasteiger charge is -2.26. The van der Waals surface area contributed by atoms with Gasteiger partial charge in [0, 0.05) is 25.0 Å². The maximum atomic E-state index is 13.9. The van der Waals surface area contributed by atoms with Crippen molar-refractivity contribution in [3.8, 4) is 10.7 Å². The van der Waals surface area contributed by atoms with Crippen LogP contribution in [0, 0.1) is 6.92 Å². The fourth-order valence-corrected chi connectivity index (χ4v) is 4.94. The Labute approximate surface area is 194 Å². The van der Waals surface area contributed by atoms with Crippen molar-refractivity contribution in [3.05, 3.63) is 34.9 Å². The standard InChI is InChI=1S/C23H26F3N5OS/c1-14-11-19(21-29-30-22(33-21)27-5-2-6-31-7-9-32-10-8-31)28-20-17(14)12-16(15-3-4-15)13-18(20)23(24,25)26/h11-13,15H,2-10H2,1H3,(H,27,30). The number of anilines is 1. The Balaban J connectivity index is 1.34. The Morgan fingerprint density at radius 1 is 1.15 bits per heavy atom. The summed E-state index contributed by atoms with van der Waals surface area (Å²) in [7, 11) is 0. The highest BCUT2D eigenvalue weighted by molar-refractivity contribution is 7.18. The van der Waals surface area contributed by atoms with Crippen molar-refractivity contribution in [1.29, 1.82) is 0 Å². The molecule has 2 aliphatic rings. The smallest absolute Gasteiger partial charge is 0.379 e. The molecule has 176 valence electrons. The highest BCUT2D eigenvalue weighted by atomic mass is 32.1. The van der Waals surface area contributed by atoms with Gasteiger partial charge in [-0.1, -0.05) is 11.3 Å². The predicted octanol–water partition coefficient (Wildman–Crippen LogP) is 5.09. The monoisotopic (exact) mass is 477 g/mol. The maximum Gasteiger partial charge on any atom is 0.418 e. The lowest BCUT2D eigenvalue weighted by molar-refractivity contribution is -0.136. The van der Waals surface area contributed by atoms with Gasteiger partial charge in [0.15, 0.2) is 5.01 Å². The van der Waals surface area contributed by atoms with Crippen LogP contribution < -0.4 is 5.32 Å². The largest absolute Gasteiger partial charge is 0.418 e. The third-order valence-corrected chi connectivity index (χ3v) is 7.08. The summed E-state index contributed by atoms with van der Waals surface area (Å²) in [5, 5.41) is 13.3. The molecule has 0 amide bonds. The molecule has 3 aromatic rings. The average Bonchev–Trinajstić information content (AvgIpc) is 3.54. The Kier molecular flexibility index (Phi) is 6.24. The van der Waals surface area contributed by atoms with Crippen LogP contribution in [0.25, 0.3) is 21.6 Å². The molecular weight excluding hydrogens is 451 g/mol. The molecule has 1 saturated carbocycles. The molecule has 0 atom stereocenters. The fraction of sp³-hybridized carbons (Fsp3) is 0.522. The first-order chi connectivity index (χ1) is 15.9. The van der Waals surface area contributed by atoms with Crippen LogP contribution in [0.4, 0.5) is 18.3 Å². The molecule has 3 heterocycles. The van der Waals surface area contributed by atoms with Gasteiger partial charge in [-0.3, -0.25) is 4.90 Å². The summed E-state index contributed by atoms with van der Waals surface area (Å²) in [5.41, 5.74) is 1.25. The van der Waals surface area contributed by atoms with Crippen LogP contribution in [-0.4, -0.2) is 59.5 Å². The zero-order chi connectivity index (χ0) is 23.0. The van der Waals surface area contributed by atoms with Gasteiger partial charge in [-0.2, -0.15) is 13.2 Å².